The van der Waals surface area contributed by atoms with Crippen LogP contribution in [0.3, 0.4) is 0 Å². The van der Waals surface area contributed by atoms with Crippen LogP contribution in [0.15, 0.2) is 18.3 Å². The number of aryl methyl sites for hydroxylation is 1. The third-order valence-electron chi connectivity index (χ3n) is 5.99. The van der Waals surface area contributed by atoms with Gasteiger partial charge >= 0.3 is 0 Å². The fourth-order valence-electron chi connectivity index (χ4n) is 4.31. The van der Waals surface area contributed by atoms with Gasteiger partial charge in [-0.3, -0.25) is 14.5 Å². The lowest BCUT2D eigenvalue weighted by Gasteiger charge is -2.33. The quantitative estimate of drug-likeness (QED) is 0.816. The number of carbonyl (C=O) groups excluding carboxylic acids is 2. The Morgan fingerprint density at radius 2 is 1.82 bits per heavy atom. The number of likely N-dealkylation sites (tertiary alicyclic amines) is 2. The summed E-state index contributed by atoms with van der Waals surface area (Å²) in [5.41, 5.74) is 1.21. The molecule has 6 nitrogen and oxygen atoms in total. The lowest BCUT2D eigenvalue weighted by Crippen LogP contribution is -2.44. The van der Waals surface area contributed by atoms with E-state index in [2.05, 4.69) is 20.1 Å². The molecule has 0 radical (unpaired) electrons. The van der Waals surface area contributed by atoms with Crippen molar-refractivity contribution in [2.24, 2.45) is 5.92 Å². The van der Waals surface area contributed by atoms with E-state index < -0.39 is 0 Å². The summed E-state index contributed by atoms with van der Waals surface area (Å²) in [4.78, 5) is 32.4. The molecule has 2 saturated heterocycles. The minimum Gasteiger partial charge on any atom is -0.342 e. The monoisotopic (exact) mass is 386 g/mol. The van der Waals surface area contributed by atoms with Crippen molar-refractivity contribution in [1.82, 2.24) is 14.8 Å². The number of nitrogens with zero attached hydrogens (tertiary/aromatic N) is 3. The molecule has 0 bridgehead atoms. The second-order valence-corrected chi connectivity index (χ2v) is 8.28. The van der Waals surface area contributed by atoms with E-state index in [1.807, 2.05) is 12.1 Å². The van der Waals surface area contributed by atoms with Gasteiger partial charge in [-0.2, -0.15) is 0 Å². The van der Waals surface area contributed by atoms with Crippen LogP contribution in [0.4, 0.5) is 5.82 Å². The van der Waals surface area contributed by atoms with Gasteiger partial charge in [0.25, 0.3) is 0 Å². The predicted molar refractivity (Wildman–Crippen MR) is 111 cm³/mol. The van der Waals surface area contributed by atoms with Gasteiger partial charge in [0, 0.05) is 26.2 Å². The Labute approximate surface area is 168 Å². The fourth-order valence-corrected chi connectivity index (χ4v) is 4.31. The third-order valence-corrected chi connectivity index (χ3v) is 5.99. The molecule has 2 amide bonds. The van der Waals surface area contributed by atoms with E-state index in [1.165, 1.54) is 38.2 Å². The second-order valence-electron chi connectivity index (χ2n) is 8.28. The Morgan fingerprint density at radius 3 is 2.50 bits per heavy atom. The number of nitrogens with one attached hydrogen (secondary N) is 1. The number of hydrogen-bond donors (Lipinski definition) is 1. The molecule has 2 aliphatic rings. The van der Waals surface area contributed by atoms with E-state index in [9.17, 15) is 9.59 Å². The maximum absolute atomic E-state index is 12.6. The zero-order chi connectivity index (χ0) is 19.8. The van der Waals surface area contributed by atoms with Crippen molar-refractivity contribution in [3.8, 4) is 0 Å². The molecule has 2 aliphatic heterocycles. The Kier molecular flexibility index (Phi) is 7.83. The fraction of sp³-hybridized carbons (Fsp3) is 0.682. The second kappa shape index (κ2) is 10.6. The van der Waals surface area contributed by atoms with Crippen LogP contribution < -0.4 is 5.32 Å². The number of piperidine rings is 1. The first kappa shape index (κ1) is 20.8. The molecular formula is C22H34N4O2. The SMILES string of the molecule is CC(=O)Nc1cc(CCC2CCN(C(=O)CN3CCCCCC3)CC2)ccn1. The van der Waals surface area contributed by atoms with Gasteiger partial charge in [0.15, 0.2) is 0 Å². The van der Waals surface area contributed by atoms with Gasteiger partial charge in [-0.15, -0.1) is 0 Å². The highest BCUT2D eigenvalue weighted by Crippen LogP contribution is 2.23. The summed E-state index contributed by atoms with van der Waals surface area (Å²) in [6.07, 6.45) is 11.1. The number of amides is 2. The Morgan fingerprint density at radius 1 is 1.11 bits per heavy atom. The van der Waals surface area contributed by atoms with Crippen LogP contribution >= 0.6 is 0 Å². The van der Waals surface area contributed by atoms with Crippen LogP contribution in [0, 0.1) is 5.92 Å². The van der Waals surface area contributed by atoms with Crippen LogP contribution in [0.25, 0.3) is 0 Å². The van der Waals surface area contributed by atoms with E-state index in [0.717, 1.165) is 51.9 Å². The van der Waals surface area contributed by atoms with Crippen molar-refractivity contribution >= 4 is 17.6 Å². The molecule has 2 fully saturated rings. The number of hydrogen-bond acceptors (Lipinski definition) is 4. The summed E-state index contributed by atoms with van der Waals surface area (Å²) in [5, 5.41) is 2.74. The largest absolute Gasteiger partial charge is 0.342 e. The molecule has 28 heavy (non-hydrogen) atoms. The number of carbonyl (C=O) groups is 2. The van der Waals surface area contributed by atoms with Crippen LogP contribution in [0.1, 0.15) is 57.4 Å². The minimum atomic E-state index is -0.0955. The molecular weight excluding hydrogens is 352 g/mol. The van der Waals surface area contributed by atoms with Crippen LogP contribution in [-0.2, 0) is 16.0 Å². The summed E-state index contributed by atoms with van der Waals surface area (Å²) < 4.78 is 0. The predicted octanol–water partition coefficient (Wildman–Crippen LogP) is 3.09. The van der Waals surface area contributed by atoms with Gasteiger partial charge in [0.05, 0.1) is 6.54 Å². The molecule has 0 unspecified atom stereocenters. The molecule has 0 aliphatic carbocycles. The molecule has 154 valence electrons. The topological polar surface area (TPSA) is 65.5 Å². The van der Waals surface area contributed by atoms with Gasteiger partial charge in [-0.05, 0) is 75.2 Å². The molecule has 3 heterocycles. The molecule has 6 heteroatoms. The van der Waals surface area contributed by atoms with Gasteiger partial charge in [-0.25, -0.2) is 4.98 Å². The first-order chi connectivity index (χ1) is 13.6. The van der Waals surface area contributed by atoms with Crippen molar-refractivity contribution in [2.75, 3.05) is 38.0 Å². The zero-order valence-electron chi connectivity index (χ0n) is 17.2. The number of anilines is 1. The van der Waals surface area contributed by atoms with Gasteiger partial charge in [0.1, 0.15) is 5.82 Å². The van der Waals surface area contributed by atoms with Gasteiger partial charge in [0.2, 0.25) is 11.8 Å². The molecule has 0 saturated carbocycles. The summed E-state index contributed by atoms with van der Waals surface area (Å²) in [7, 11) is 0. The smallest absolute Gasteiger partial charge is 0.236 e. The molecule has 1 N–H and O–H groups in total. The van der Waals surface area contributed by atoms with E-state index in [-0.39, 0.29) is 5.91 Å². The Bertz CT molecular complexity index is 648. The number of rotatable bonds is 6. The summed E-state index contributed by atoms with van der Waals surface area (Å²) in [6, 6.07) is 3.98. The first-order valence-corrected chi connectivity index (χ1v) is 10.8. The van der Waals surface area contributed by atoms with Crippen molar-refractivity contribution in [1.29, 1.82) is 0 Å². The Hall–Kier alpha value is -1.95. The standard InChI is InChI=1S/C22H34N4O2/c1-18(27)24-21-16-20(8-11-23-21)7-6-19-9-14-26(15-10-19)22(28)17-25-12-4-2-3-5-13-25/h8,11,16,19H,2-7,9-10,12-15,17H2,1H3,(H,23,24,27). The average Bonchev–Trinajstić information content (AvgIpc) is 2.95. The van der Waals surface area contributed by atoms with Crippen molar-refractivity contribution in [2.45, 2.75) is 58.3 Å². The third kappa shape index (κ3) is 6.59. The molecule has 3 rings (SSSR count). The molecule has 0 spiro atoms. The zero-order valence-corrected chi connectivity index (χ0v) is 17.2. The lowest BCUT2D eigenvalue weighted by atomic mass is 9.90. The van der Waals surface area contributed by atoms with E-state index in [4.69, 9.17) is 0 Å². The first-order valence-electron chi connectivity index (χ1n) is 10.8. The number of aromatic nitrogens is 1. The molecule has 0 aromatic carbocycles. The van der Waals surface area contributed by atoms with E-state index in [1.54, 1.807) is 6.20 Å². The highest BCUT2D eigenvalue weighted by molar-refractivity contribution is 5.87. The highest BCUT2D eigenvalue weighted by atomic mass is 16.2. The summed E-state index contributed by atoms with van der Waals surface area (Å²) in [6.45, 7) is 6.04. The number of pyridine rings is 1. The van der Waals surface area contributed by atoms with Gasteiger partial charge < -0.3 is 10.2 Å². The normalized spacial score (nSPS) is 19.2. The Balaban J connectivity index is 1.39. The van der Waals surface area contributed by atoms with Crippen molar-refractivity contribution in [3.63, 3.8) is 0 Å². The van der Waals surface area contributed by atoms with Crippen LogP contribution in [-0.4, -0.2) is 59.3 Å². The lowest BCUT2D eigenvalue weighted by molar-refractivity contribution is -0.133. The molecule has 1 aromatic rings. The van der Waals surface area contributed by atoms with Crippen LogP contribution in [0.2, 0.25) is 0 Å². The maximum atomic E-state index is 12.6. The molecule has 0 atom stereocenters. The van der Waals surface area contributed by atoms with Gasteiger partial charge in [-0.1, -0.05) is 12.8 Å². The summed E-state index contributed by atoms with van der Waals surface area (Å²) in [5.74, 6) is 1.51. The summed E-state index contributed by atoms with van der Waals surface area (Å²) >= 11 is 0. The van der Waals surface area contributed by atoms with E-state index >= 15 is 0 Å². The average molecular weight is 387 g/mol. The van der Waals surface area contributed by atoms with Crippen molar-refractivity contribution < 1.29 is 9.59 Å². The highest BCUT2D eigenvalue weighted by Gasteiger charge is 2.24. The maximum Gasteiger partial charge on any atom is 0.236 e. The minimum absolute atomic E-state index is 0.0955. The van der Waals surface area contributed by atoms with Crippen LogP contribution in [0.5, 0.6) is 0 Å². The van der Waals surface area contributed by atoms with E-state index in [0.29, 0.717) is 24.2 Å². The van der Waals surface area contributed by atoms with Crippen molar-refractivity contribution in [3.05, 3.63) is 23.9 Å². The molecule has 1 aromatic heterocycles.